The zero-order valence-corrected chi connectivity index (χ0v) is 4.66. The second-order valence-corrected chi connectivity index (χ2v) is 1.53. The fourth-order valence-electron chi connectivity index (χ4n) is 0.497. The Kier molecular flexibility index (Phi) is 1.66. The van der Waals surface area contributed by atoms with E-state index in [9.17, 15) is 4.79 Å². The van der Waals surface area contributed by atoms with Crippen LogP contribution in [0, 0.1) is 0 Å². The van der Waals surface area contributed by atoms with Crippen molar-refractivity contribution in [2.24, 2.45) is 0 Å². The maximum Gasteiger partial charge on any atom is 0.427 e. The SMILES string of the molecule is O=C(O)N1C=CCNN1. The van der Waals surface area contributed by atoms with Gasteiger partial charge in [0.15, 0.2) is 0 Å². The van der Waals surface area contributed by atoms with Crippen LogP contribution in [-0.2, 0) is 0 Å². The van der Waals surface area contributed by atoms with Gasteiger partial charge in [-0.25, -0.2) is 15.2 Å². The van der Waals surface area contributed by atoms with E-state index in [1.54, 1.807) is 6.08 Å². The zero-order valence-electron chi connectivity index (χ0n) is 4.66. The first-order chi connectivity index (χ1) is 4.30. The molecule has 50 valence electrons. The third-order valence-corrected chi connectivity index (χ3v) is 0.880. The van der Waals surface area contributed by atoms with E-state index in [2.05, 4.69) is 11.0 Å². The van der Waals surface area contributed by atoms with Crippen LogP contribution in [0.25, 0.3) is 0 Å². The van der Waals surface area contributed by atoms with Crippen LogP contribution < -0.4 is 11.0 Å². The summed E-state index contributed by atoms with van der Waals surface area (Å²) in [5.41, 5.74) is 5.04. The lowest BCUT2D eigenvalue weighted by atomic mass is 10.6. The van der Waals surface area contributed by atoms with Gasteiger partial charge in [0, 0.05) is 12.7 Å². The third kappa shape index (κ3) is 1.41. The Hall–Kier alpha value is -1.07. The molecule has 0 aromatic rings. The lowest BCUT2D eigenvalue weighted by Gasteiger charge is -2.19. The Morgan fingerprint density at radius 1 is 1.78 bits per heavy atom. The van der Waals surface area contributed by atoms with Crippen molar-refractivity contribution in [1.82, 2.24) is 16.0 Å². The quantitative estimate of drug-likeness (QED) is 0.412. The Bertz CT molecular complexity index is 145. The summed E-state index contributed by atoms with van der Waals surface area (Å²) < 4.78 is 0. The number of carboxylic acid groups (broad SMARTS) is 1. The van der Waals surface area contributed by atoms with Crippen molar-refractivity contribution in [3.05, 3.63) is 12.3 Å². The van der Waals surface area contributed by atoms with Gasteiger partial charge >= 0.3 is 6.09 Å². The molecule has 0 radical (unpaired) electrons. The van der Waals surface area contributed by atoms with Crippen molar-refractivity contribution >= 4 is 6.09 Å². The first-order valence-corrected chi connectivity index (χ1v) is 2.48. The molecule has 3 N–H and O–H groups in total. The summed E-state index contributed by atoms with van der Waals surface area (Å²) in [6.07, 6.45) is 2.11. The summed E-state index contributed by atoms with van der Waals surface area (Å²) in [7, 11) is 0. The lowest BCUT2D eigenvalue weighted by molar-refractivity contribution is 0.132. The summed E-state index contributed by atoms with van der Waals surface area (Å²) in [6.45, 7) is 0.643. The average molecular weight is 129 g/mol. The largest absolute Gasteiger partial charge is 0.464 e. The van der Waals surface area contributed by atoms with Crippen LogP contribution in [0.15, 0.2) is 12.3 Å². The van der Waals surface area contributed by atoms with Crippen LogP contribution >= 0.6 is 0 Å². The van der Waals surface area contributed by atoms with Gasteiger partial charge in [0.25, 0.3) is 0 Å². The van der Waals surface area contributed by atoms with Crippen LogP contribution in [0.5, 0.6) is 0 Å². The van der Waals surface area contributed by atoms with Gasteiger partial charge in [-0.05, 0) is 0 Å². The molecule has 0 aromatic heterocycles. The van der Waals surface area contributed by atoms with E-state index in [1.807, 2.05) is 0 Å². The van der Waals surface area contributed by atoms with Gasteiger partial charge < -0.3 is 5.11 Å². The fraction of sp³-hybridized carbons (Fsp3) is 0.250. The highest BCUT2D eigenvalue weighted by Crippen LogP contribution is 1.87. The number of hydrazine groups is 2. The number of nitrogens with zero attached hydrogens (tertiary/aromatic N) is 1. The molecule has 0 fully saturated rings. The summed E-state index contributed by atoms with van der Waals surface area (Å²) in [6, 6.07) is 0. The predicted octanol–water partition coefficient (Wildman–Crippen LogP) is -0.497. The van der Waals surface area contributed by atoms with E-state index in [0.29, 0.717) is 6.54 Å². The highest BCUT2D eigenvalue weighted by atomic mass is 16.4. The van der Waals surface area contributed by atoms with Crippen LogP contribution in [0.2, 0.25) is 0 Å². The highest BCUT2D eigenvalue weighted by molar-refractivity contribution is 5.65. The molecular weight excluding hydrogens is 122 g/mol. The summed E-state index contributed by atoms with van der Waals surface area (Å²) in [5.74, 6) is 0. The van der Waals surface area contributed by atoms with Crippen LogP contribution in [0.4, 0.5) is 4.79 Å². The minimum absolute atomic E-state index is 0.643. The second-order valence-electron chi connectivity index (χ2n) is 1.53. The second kappa shape index (κ2) is 2.47. The molecule has 5 heteroatoms. The van der Waals surface area contributed by atoms with Crippen molar-refractivity contribution in [1.29, 1.82) is 0 Å². The van der Waals surface area contributed by atoms with E-state index in [4.69, 9.17) is 5.11 Å². The Morgan fingerprint density at radius 2 is 2.56 bits per heavy atom. The van der Waals surface area contributed by atoms with Crippen LogP contribution in [-0.4, -0.2) is 22.8 Å². The maximum atomic E-state index is 10.1. The normalized spacial score (nSPS) is 18.0. The van der Waals surface area contributed by atoms with E-state index >= 15 is 0 Å². The molecule has 9 heavy (non-hydrogen) atoms. The molecule has 1 rings (SSSR count). The zero-order chi connectivity index (χ0) is 6.69. The van der Waals surface area contributed by atoms with E-state index in [-0.39, 0.29) is 0 Å². The Labute approximate surface area is 51.9 Å². The van der Waals surface area contributed by atoms with Gasteiger partial charge in [-0.1, -0.05) is 6.08 Å². The van der Waals surface area contributed by atoms with E-state index in [0.717, 1.165) is 5.01 Å². The lowest BCUT2D eigenvalue weighted by Crippen LogP contribution is -2.49. The standard InChI is InChI=1S/C4H7N3O2/c8-4(9)7-3-1-2-5-6-7/h1,3,5-6H,2H2,(H,8,9). The van der Waals surface area contributed by atoms with Gasteiger partial charge in [-0.15, -0.1) is 0 Å². The van der Waals surface area contributed by atoms with Gasteiger partial charge in [-0.3, -0.25) is 0 Å². The van der Waals surface area contributed by atoms with Gasteiger partial charge in [0.1, 0.15) is 0 Å². The third-order valence-electron chi connectivity index (χ3n) is 0.880. The monoisotopic (exact) mass is 129 g/mol. The van der Waals surface area contributed by atoms with E-state index < -0.39 is 6.09 Å². The fourth-order valence-corrected chi connectivity index (χ4v) is 0.497. The minimum atomic E-state index is -1.03. The molecule has 0 atom stereocenters. The predicted molar refractivity (Wildman–Crippen MR) is 30.1 cm³/mol. The van der Waals surface area contributed by atoms with Crippen LogP contribution in [0.1, 0.15) is 0 Å². The molecule has 1 aliphatic heterocycles. The van der Waals surface area contributed by atoms with Crippen molar-refractivity contribution in [3.8, 4) is 0 Å². The molecule has 1 aliphatic rings. The number of amides is 1. The molecule has 0 aliphatic carbocycles. The number of carbonyl (C=O) groups is 1. The molecule has 0 unspecified atom stereocenters. The van der Waals surface area contributed by atoms with Crippen molar-refractivity contribution in [3.63, 3.8) is 0 Å². The maximum absolute atomic E-state index is 10.1. The Balaban J connectivity index is 2.50. The molecule has 1 amide bonds. The molecule has 1 heterocycles. The number of nitrogens with one attached hydrogen (secondary N) is 2. The number of hydrogen-bond acceptors (Lipinski definition) is 3. The summed E-state index contributed by atoms with van der Waals surface area (Å²) >= 11 is 0. The molecule has 0 saturated heterocycles. The van der Waals surface area contributed by atoms with Crippen molar-refractivity contribution < 1.29 is 9.90 Å². The number of rotatable bonds is 0. The van der Waals surface area contributed by atoms with Crippen molar-refractivity contribution in [2.75, 3.05) is 6.54 Å². The molecule has 0 spiro atoms. The first-order valence-electron chi connectivity index (χ1n) is 2.48. The van der Waals surface area contributed by atoms with Gasteiger partial charge in [-0.2, -0.15) is 5.53 Å². The molecule has 0 saturated carbocycles. The average Bonchev–Trinajstić information content (AvgIpc) is 1.90. The van der Waals surface area contributed by atoms with Gasteiger partial charge in [0.2, 0.25) is 0 Å². The number of hydrogen-bond donors (Lipinski definition) is 3. The summed E-state index contributed by atoms with van der Waals surface area (Å²) in [4.78, 5) is 10.1. The molecular formula is C4H7N3O2. The Morgan fingerprint density at radius 3 is 2.89 bits per heavy atom. The first kappa shape index (κ1) is 6.06. The smallest absolute Gasteiger partial charge is 0.427 e. The molecule has 5 nitrogen and oxygen atoms in total. The van der Waals surface area contributed by atoms with E-state index in [1.165, 1.54) is 6.20 Å². The highest BCUT2D eigenvalue weighted by Gasteiger charge is 2.07. The molecule has 0 bridgehead atoms. The summed E-state index contributed by atoms with van der Waals surface area (Å²) in [5, 5.41) is 9.24. The van der Waals surface area contributed by atoms with Crippen LogP contribution in [0.3, 0.4) is 0 Å². The molecule has 0 aromatic carbocycles. The van der Waals surface area contributed by atoms with Crippen molar-refractivity contribution in [2.45, 2.75) is 0 Å². The minimum Gasteiger partial charge on any atom is -0.464 e. The topological polar surface area (TPSA) is 64.6 Å². The van der Waals surface area contributed by atoms with Gasteiger partial charge in [0.05, 0.1) is 0 Å².